The fraction of sp³-hybridized carbons (Fsp3) is 0.571. The van der Waals surface area contributed by atoms with Crippen molar-refractivity contribution in [1.29, 1.82) is 0 Å². The molecule has 6 heteroatoms. The van der Waals surface area contributed by atoms with Crippen molar-refractivity contribution in [2.24, 2.45) is 0 Å². The fourth-order valence-electron chi connectivity index (χ4n) is 5.55. The molecule has 1 aliphatic heterocycles. The molecule has 2 aliphatic carbocycles. The average Bonchev–Trinajstić information content (AvgIpc) is 2.82. The van der Waals surface area contributed by atoms with Gasteiger partial charge >= 0.3 is 0 Å². The zero-order valence-electron chi connectivity index (χ0n) is 20.7. The smallest absolute Gasteiger partial charge is 0.179 e. The second-order valence-electron chi connectivity index (χ2n) is 9.44. The molecule has 5 nitrogen and oxygen atoms in total. The summed E-state index contributed by atoms with van der Waals surface area (Å²) in [6.45, 7) is 5.16. The minimum absolute atomic E-state index is 0.133. The summed E-state index contributed by atoms with van der Waals surface area (Å²) in [5.41, 5.74) is 4.47. The number of hydrogen-bond acceptors (Lipinski definition) is 5. The Kier molecular flexibility index (Phi) is 8.02. The molecule has 0 unspecified atom stereocenters. The van der Waals surface area contributed by atoms with E-state index in [0.717, 1.165) is 66.6 Å². The summed E-state index contributed by atoms with van der Waals surface area (Å²) in [4.78, 5) is 28.6. The van der Waals surface area contributed by atoms with E-state index < -0.39 is 5.92 Å². The molecule has 0 bridgehead atoms. The van der Waals surface area contributed by atoms with Gasteiger partial charge in [-0.15, -0.1) is 0 Å². The Morgan fingerprint density at radius 1 is 0.912 bits per heavy atom. The van der Waals surface area contributed by atoms with Crippen molar-refractivity contribution < 1.29 is 19.1 Å². The minimum atomic E-state index is -0.392. The maximum Gasteiger partial charge on any atom is 0.179 e. The lowest BCUT2D eigenvalue weighted by Crippen LogP contribution is -2.37. The average molecular weight is 486 g/mol. The second-order valence-corrected chi connectivity index (χ2v) is 9.85. The van der Waals surface area contributed by atoms with Gasteiger partial charge in [0.05, 0.1) is 18.2 Å². The van der Waals surface area contributed by atoms with Crippen molar-refractivity contribution >= 4 is 23.2 Å². The van der Waals surface area contributed by atoms with Crippen LogP contribution in [-0.2, 0) is 9.59 Å². The molecule has 0 radical (unpaired) electrons. The molecule has 1 aromatic carbocycles. The predicted molar refractivity (Wildman–Crippen MR) is 135 cm³/mol. The zero-order chi connectivity index (χ0) is 24.2. The number of carbonyl (C=O) groups excluding carboxylic acids is 2. The number of carbonyl (C=O) groups is 2. The Bertz CT molecular complexity index is 981. The molecule has 184 valence electrons. The molecule has 3 aliphatic rings. The molecule has 0 amide bonds. The molecular formula is C28H36ClNO4. The van der Waals surface area contributed by atoms with Crippen molar-refractivity contribution in [1.82, 2.24) is 4.90 Å². The van der Waals surface area contributed by atoms with Crippen LogP contribution in [0.5, 0.6) is 11.5 Å². The first-order valence-corrected chi connectivity index (χ1v) is 13.2. The molecule has 0 atom stereocenters. The van der Waals surface area contributed by atoms with Crippen molar-refractivity contribution in [3.8, 4) is 11.5 Å². The Morgan fingerprint density at radius 2 is 1.56 bits per heavy atom. The van der Waals surface area contributed by atoms with E-state index in [1.807, 2.05) is 26.1 Å². The van der Waals surface area contributed by atoms with Crippen LogP contribution >= 0.6 is 11.6 Å². The van der Waals surface area contributed by atoms with Crippen molar-refractivity contribution in [2.45, 2.75) is 84.0 Å². The quantitative estimate of drug-likeness (QED) is 0.362. The third-order valence-corrected chi connectivity index (χ3v) is 7.43. The van der Waals surface area contributed by atoms with Gasteiger partial charge in [0, 0.05) is 48.3 Å². The lowest BCUT2D eigenvalue weighted by molar-refractivity contribution is -0.117. The van der Waals surface area contributed by atoms with E-state index in [1.54, 1.807) is 0 Å². The number of benzene rings is 1. The van der Waals surface area contributed by atoms with Crippen LogP contribution in [0.25, 0.3) is 0 Å². The van der Waals surface area contributed by atoms with Crippen LogP contribution in [0.3, 0.4) is 0 Å². The number of rotatable bonds is 9. The number of allylic oxidation sites excluding steroid dienone is 4. The summed E-state index contributed by atoms with van der Waals surface area (Å²) >= 11 is 6.76. The van der Waals surface area contributed by atoms with Crippen molar-refractivity contribution in [2.75, 3.05) is 20.3 Å². The first-order valence-electron chi connectivity index (χ1n) is 12.8. The molecule has 0 saturated heterocycles. The van der Waals surface area contributed by atoms with Gasteiger partial charge in [0.15, 0.2) is 23.1 Å². The molecule has 34 heavy (non-hydrogen) atoms. The Morgan fingerprint density at radius 3 is 2.15 bits per heavy atom. The first-order chi connectivity index (χ1) is 16.5. The Hall–Kier alpha value is -2.27. The molecule has 0 aromatic heterocycles. The molecule has 0 spiro atoms. The highest BCUT2D eigenvalue weighted by atomic mass is 35.5. The molecule has 4 rings (SSSR count). The van der Waals surface area contributed by atoms with Gasteiger partial charge in [-0.1, -0.05) is 37.8 Å². The van der Waals surface area contributed by atoms with Crippen molar-refractivity contribution in [3.63, 3.8) is 0 Å². The zero-order valence-corrected chi connectivity index (χ0v) is 21.4. The van der Waals surface area contributed by atoms with Gasteiger partial charge in [-0.25, -0.2) is 0 Å². The van der Waals surface area contributed by atoms with Gasteiger partial charge in [0.1, 0.15) is 0 Å². The highest BCUT2D eigenvalue weighted by Crippen LogP contribution is 2.50. The van der Waals surface area contributed by atoms with E-state index in [0.29, 0.717) is 42.6 Å². The highest BCUT2D eigenvalue weighted by molar-refractivity contribution is 6.32. The van der Waals surface area contributed by atoms with Gasteiger partial charge in [-0.3, -0.25) is 9.59 Å². The van der Waals surface area contributed by atoms with Gasteiger partial charge in [0.25, 0.3) is 0 Å². The van der Waals surface area contributed by atoms with Crippen LogP contribution in [0, 0.1) is 0 Å². The van der Waals surface area contributed by atoms with Gasteiger partial charge in [0.2, 0.25) is 0 Å². The van der Waals surface area contributed by atoms with E-state index in [-0.39, 0.29) is 11.6 Å². The van der Waals surface area contributed by atoms with Crippen LogP contribution in [-0.4, -0.2) is 36.7 Å². The van der Waals surface area contributed by atoms with Crippen LogP contribution in [0.4, 0.5) is 0 Å². The summed E-state index contributed by atoms with van der Waals surface area (Å²) in [7, 11) is 2.01. The minimum Gasteiger partial charge on any atom is -0.490 e. The van der Waals surface area contributed by atoms with Gasteiger partial charge in [-0.2, -0.15) is 0 Å². The SMILES string of the molecule is CCCCCCOc1c(Cl)cc(C2C3=C(CCCC3=O)N(C)C3=C2C(=O)CCC3)cc1OCC. The summed E-state index contributed by atoms with van der Waals surface area (Å²) < 4.78 is 12.0. The maximum atomic E-state index is 13.2. The first kappa shape index (κ1) is 24.8. The summed E-state index contributed by atoms with van der Waals surface area (Å²) in [5, 5.41) is 0.464. The van der Waals surface area contributed by atoms with Crippen molar-refractivity contribution in [3.05, 3.63) is 45.3 Å². The molecule has 1 heterocycles. The topological polar surface area (TPSA) is 55.8 Å². The van der Waals surface area contributed by atoms with Crippen LogP contribution < -0.4 is 9.47 Å². The summed E-state index contributed by atoms with van der Waals surface area (Å²) in [5.74, 6) is 0.999. The fourth-order valence-corrected chi connectivity index (χ4v) is 5.82. The van der Waals surface area contributed by atoms with E-state index in [9.17, 15) is 9.59 Å². The Labute approximate surface area is 208 Å². The highest BCUT2D eigenvalue weighted by Gasteiger charge is 2.42. The van der Waals surface area contributed by atoms with E-state index in [2.05, 4.69) is 11.8 Å². The number of unbranched alkanes of at least 4 members (excludes halogenated alkanes) is 3. The van der Waals surface area contributed by atoms with E-state index >= 15 is 0 Å². The number of hydrogen-bond donors (Lipinski definition) is 0. The van der Waals surface area contributed by atoms with Gasteiger partial charge < -0.3 is 14.4 Å². The number of halogens is 1. The van der Waals surface area contributed by atoms with Crippen LogP contribution in [0.15, 0.2) is 34.7 Å². The summed E-state index contributed by atoms with van der Waals surface area (Å²) in [6, 6.07) is 3.81. The number of ether oxygens (including phenoxy) is 2. The van der Waals surface area contributed by atoms with Crippen LogP contribution in [0.1, 0.15) is 89.5 Å². The molecular weight excluding hydrogens is 450 g/mol. The third kappa shape index (κ3) is 4.77. The molecule has 0 saturated carbocycles. The maximum absolute atomic E-state index is 13.2. The van der Waals surface area contributed by atoms with E-state index in [4.69, 9.17) is 21.1 Å². The standard InChI is InChI=1S/C28H36ClNO4/c1-4-6-7-8-15-34-28-19(29)16-18(17-24(28)33-5-2)25-26-20(11-9-13-22(26)31)30(3)21-12-10-14-23(32)27(21)25/h16-17,25H,4-15H2,1-3H3. The molecule has 0 fully saturated rings. The lowest BCUT2D eigenvalue weighted by Gasteiger charge is -2.42. The van der Waals surface area contributed by atoms with Crippen LogP contribution in [0.2, 0.25) is 5.02 Å². The van der Waals surface area contributed by atoms with E-state index in [1.165, 1.54) is 12.8 Å². The molecule has 0 N–H and O–H groups in total. The summed E-state index contributed by atoms with van der Waals surface area (Å²) in [6.07, 6.45) is 8.86. The van der Waals surface area contributed by atoms with Gasteiger partial charge in [-0.05, 0) is 56.7 Å². The third-order valence-electron chi connectivity index (χ3n) is 7.15. The normalized spacial score (nSPS) is 18.9. The predicted octanol–water partition coefficient (Wildman–Crippen LogP) is 6.74. The number of nitrogens with zero attached hydrogens (tertiary/aromatic N) is 1. The molecule has 1 aromatic rings. The monoisotopic (exact) mass is 485 g/mol. The second kappa shape index (κ2) is 11.0. The number of ketones is 2. The Balaban J connectivity index is 1.77. The lowest BCUT2D eigenvalue weighted by atomic mass is 9.71. The number of Topliss-reactive ketones (excluding diaryl/α,β-unsaturated/α-hetero) is 2. The largest absolute Gasteiger partial charge is 0.490 e.